The van der Waals surface area contributed by atoms with Crippen molar-refractivity contribution in [2.24, 2.45) is 11.7 Å². The molecule has 0 rings (SSSR count). The summed E-state index contributed by atoms with van der Waals surface area (Å²) in [5.74, 6) is 0.0370. The molecule has 0 aliphatic carbocycles. The first kappa shape index (κ1) is 8.43. The van der Waals surface area contributed by atoms with Crippen LogP contribution in [0, 0.1) is 5.92 Å². The van der Waals surface area contributed by atoms with Crippen LogP contribution >= 0.6 is 0 Å². The lowest BCUT2D eigenvalue weighted by Crippen LogP contribution is -2.31. The minimum atomic E-state index is -0.00463. The molecule has 0 radical (unpaired) electrons. The quantitative estimate of drug-likeness (QED) is 0.552. The van der Waals surface area contributed by atoms with Crippen molar-refractivity contribution >= 4 is 5.91 Å². The third-order valence-corrected chi connectivity index (χ3v) is 1.39. The summed E-state index contributed by atoms with van der Waals surface area (Å²) in [6.45, 7) is 2.39. The molecule has 9 heavy (non-hydrogen) atoms. The molecule has 3 heteroatoms. The van der Waals surface area contributed by atoms with Crippen LogP contribution in [0.15, 0.2) is 0 Å². The van der Waals surface area contributed by atoms with Crippen molar-refractivity contribution in [3.8, 4) is 0 Å². The van der Waals surface area contributed by atoms with E-state index in [1.165, 1.54) is 0 Å². The molecule has 3 nitrogen and oxygen atoms in total. The second-order valence-electron chi connectivity index (χ2n) is 1.96. The standard InChI is InChI=1S/C6H14N2O/c1-3-5(4-7)6(9)8-2/h5H,3-4,7H2,1-2H3,(H,8,9). The molecule has 0 fully saturated rings. The molecule has 0 heterocycles. The highest BCUT2D eigenvalue weighted by Gasteiger charge is 2.10. The molecule has 54 valence electrons. The van der Waals surface area contributed by atoms with E-state index in [1.807, 2.05) is 6.92 Å². The van der Waals surface area contributed by atoms with Gasteiger partial charge in [0, 0.05) is 19.5 Å². The average Bonchev–Trinajstić information content (AvgIpc) is 1.90. The first-order valence-corrected chi connectivity index (χ1v) is 3.17. The van der Waals surface area contributed by atoms with Crippen LogP contribution in [-0.2, 0) is 4.79 Å². The summed E-state index contributed by atoms with van der Waals surface area (Å²) < 4.78 is 0. The van der Waals surface area contributed by atoms with E-state index in [0.717, 1.165) is 6.42 Å². The Kier molecular flexibility index (Phi) is 4.05. The van der Waals surface area contributed by atoms with E-state index in [2.05, 4.69) is 5.32 Å². The molecule has 0 aromatic heterocycles. The molecule has 0 bridgehead atoms. The monoisotopic (exact) mass is 130 g/mol. The number of rotatable bonds is 3. The summed E-state index contributed by atoms with van der Waals surface area (Å²) >= 11 is 0. The number of nitrogens with two attached hydrogens (primary N) is 1. The highest BCUT2D eigenvalue weighted by Crippen LogP contribution is 1.97. The smallest absolute Gasteiger partial charge is 0.224 e. The van der Waals surface area contributed by atoms with Crippen LogP contribution in [0.3, 0.4) is 0 Å². The van der Waals surface area contributed by atoms with E-state index in [0.29, 0.717) is 6.54 Å². The van der Waals surface area contributed by atoms with Gasteiger partial charge in [-0.25, -0.2) is 0 Å². The molecule has 3 N–H and O–H groups in total. The first-order chi connectivity index (χ1) is 4.26. The third kappa shape index (κ3) is 2.46. The fourth-order valence-corrected chi connectivity index (χ4v) is 0.663. The van der Waals surface area contributed by atoms with Gasteiger partial charge < -0.3 is 11.1 Å². The van der Waals surface area contributed by atoms with Gasteiger partial charge in [0.25, 0.3) is 0 Å². The van der Waals surface area contributed by atoms with Crippen molar-refractivity contribution in [1.29, 1.82) is 0 Å². The summed E-state index contributed by atoms with van der Waals surface area (Å²) in [6.07, 6.45) is 0.816. The molecule has 1 atom stereocenters. The number of carbonyl (C=O) groups is 1. The first-order valence-electron chi connectivity index (χ1n) is 3.17. The lowest BCUT2D eigenvalue weighted by molar-refractivity contribution is -0.124. The maximum Gasteiger partial charge on any atom is 0.224 e. The molecule has 1 amide bonds. The molecular formula is C6H14N2O. The Morgan fingerprint density at radius 1 is 1.78 bits per heavy atom. The molecule has 0 aromatic rings. The van der Waals surface area contributed by atoms with E-state index in [-0.39, 0.29) is 11.8 Å². The lowest BCUT2D eigenvalue weighted by Gasteiger charge is -2.08. The van der Waals surface area contributed by atoms with Gasteiger partial charge in [-0.3, -0.25) is 4.79 Å². The van der Waals surface area contributed by atoms with Crippen molar-refractivity contribution < 1.29 is 4.79 Å². The van der Waals surface area contributed by atoms with E-state index < -0.39 is 0 Å². The highest BCUT2D eigenvalue weighted by molar-refractivity contribution is 5.78. The number of amides is 1. The van der Waals surface area contributed by atoms with Crippen LogP contribution in [0.4, 0.5) is 0 Å². The van der Waals surface area contributed by atoms with Crippen molar-refractivity contribution in [3.05, 3.63) is 0 Å². The van der Waals surface area contributed by atoms with Gasteiger partial charge in [-0.1, -0.05) is 6.92 Å². The van der Waals surface area contributed by atoms with Crippen molar-refractivity contribution in [2.45, 2.75) is 13.3 Å². The van der Waals surface area contributed by atoms with E-state index in [1.54, 1.807) is 7.05 Å². The van der Waals surface area contributed by atoms with Crippen LogP contribution < -0.4 is 11.1 Å². The fraction of sp³-hybridized carbons (Fsp3) is 0.833. The second-order valence-corrected chi connectivity index (χ2v) is 1.96. The van der Waals surface area contributed by atoms with Crippen LogP contribution in [0.5, 0.6) is 0 Å². The second kappa shape index (κ2) is 4.32. The van der Waals surface area contributed by atoms with E-state index in [4.69, 9.17) is 5.73 Å². The highest BCUT2D eigenvalue weighted by atomic mass is 16.1. The summed E-state index contributed by atoms with van der Waals surface area (Å²) in [5.41, 5.74) is 5.30. The van der Waals surface area contributed by atoms with Gasteiger partial charge in [0.05, 0.1) is 0 Å². The predicted octanol–water partition coefficient (Wildman–Crippen LogP) is -0.283. The van der Waals surface area contributed by atoms with Crippen molar-refractivity contribution in [2.75, 3.05) is 13.6 Å². The van der Waals surface area contributed by atoms with E-state index in [9.17, 15) is 4.79 Å². The number of hydrogen-bond donors (Lipinski definition) is 2. The van der Waals surface area contributed by atoms with Crippen LogP contribution in [-0.4, -0.2) is 19.5 Å². The number of carbonyl (C=O) groups excluding carboxylic acids is 1. The summed E-state index contributed by atoms with van der Waals surface area (Å²) in [7, 11) is 1.63. The summed E-state index contributed by atoms with van der Waals surface area (Å²) in [4.78, 5) is 10.8. The molecular weight excluding hydrogens is 116 g/mol. The maximum absolute atomic E-state index is 10.8. The Morgan fingerprint density at radius 3 is 2.44 bits per heavy atom. The summed E-state index contributed by atoms with van der Waals surface area (Å²) in [6, 6.07) is 0. The zero-order chi connectivity index (χ0) is 7.28. The molecule has 0 saturated heterocycles. The lowest BCUT2D eigenvalue weighted by atomic mass is 10.1. The molecule has 0 saturated carbocycles. The van der Waals surface area contributed by atoms with Gasteiger partial charge in [0.1, 0.15) is 0 Å². The van der Waals surface area contributed by atoms with Gasteiger partial charge in [-0.2, -0.15) is 0 Å². The van der Waals surface area contributed by atoms with Crippen molar-refractivity contribution in [1.82, 2.24) is 5.32 Å². The average molecular weight is 130 g/mol. The predicted molar refractivity (Wildman–Crippen MR) is 36.9 cm³/mol. The Morgan fingerprint density at radius 2 is 2.33 bits per heavy atom. The Hall–Kier alpha value is -0.570. The number of hydrogen-bond acceptors (Lipinski definition) is 2. The van der Waals surface area contributed by atoms with Gasteiger partial charge in [0.15, 0.2) is 0 Å². The largest absolute Gasteiger partial charge is 0.359 e. The van der Waals surface area contributed by atoms with E-state index >= 15 is 0 Å². The maximum atomic E-state index is 10.8. The Labute approximate surface area is 55.6 Å². The topological polar surface area (TPSA) is 55.1 Å². The third-order valence-electron chi connectivity index (χ3n) is 1.39. The minimum absolute atomic E-state index is 0.00463. The Bertz CT molecular complexity index is 89.1. The molecule has 0 spiro atoms. The van der Waals surface area contributed by atoms with Gasteiger partial charge in [-0.15, -0.1) is 0 Å². The SMILES string of the molecule is CCC(CN)C(=O)NC. The molecule has 0 aromatic carbocycles. The van der Waals surface area contributed by atoms with Gasteiger partial charge in [-0.05, 0) is 6.42 Å². The van der Waals surface area contributed by atoms with Crippen molar-refractivity contribution in [3.63, 3.8) is 0 Å². The minimum Gasteiger partial charge on any atom is -0.359 e. The zero-order valence-electron chi connectivity index (χ0n) is 5.98. The summed E-state index contributed by atoms with van der Waals surface area (Å²) in [5, 5.41) is 2.55. The number of nitrogens with one attached hydrogen (secondary N) is 1. The fourth-order valence-electron chi connectivity index (χ4n) is 0.663. The molecule has 0 aliphatic heterocycles. The van der Waals surface area contributed by atoms with Gasteiger partial charge >= 0.3 is 0 Å². The van der Waals surface area contributed by atoms with Crippen LogP contribution in [0.1, 0.15) is 13.3 Å². The van der Waals surface area contributed by atoms with Crippen LogP contribution in [0.2, 0.25) is 0 Å². The van der Waals surface area contributed by atoms with Gasteiger partial charge in [0.2, 0.25) is 5.91 Å². The Balaban J connectivity index is 3.64. The molecule has 1 unspecified atom stereocenters. The zero-order valence-corrected chi connectivity index (χ0v) is 5.98. The normalized spacial score (nSPS) is 12.8. The van der Waals surface area contributed by atoms with Crippen LogP contribution in [0.25, 0.3) is 0 Å². The molecule has 0 aliphatic rings.